The van der Waals surface area contributed by atoms with Gasteiger partial charge in [0.25, 0.3) is 0 Å². The zero-order chi connectivity index (χ0) is 15.0. The van der Waals surface area contributed by atoms with Crippen LogP contribution in [0, 0.1) is 5.92 Å². The molecule has 2 nitrogen and oxygen atoms in total. The molecule has 3 rings (SSSR count). The minimum absolute atomic E-state index is 0.122. The third kappa shape index (κ3) is 2.96. The van der Waals surface area contributed by atoms with Gasteiger partial charge in [0.15, 0.2) is 5.78 Å². The lowest BCUT2D eigenvalue weighted by Gasteiger charge is -2.12. The van der Waals surface area contributed by atoms with E-state index in [1.165, 1.54) is 11.3 Å². The van der Waals surface area contributed by atoms with E-state index in [4.69, 9.17) is 11.6 Å². The number of carbonyl (C=O) groups excluding carboxylic acids is 1. The molecule has 1 aliphatic rings. The van der Waals surface area contributed by atoms with Gasteiger partial charge >= 0.3 is 0 Å². The molecule has 0 N–H and O–H groups in total. The Hall–Kier alpha value is -1.80. The molecule has 0 amide bonds. The lowest BCUT2D eigenvalue weighted by molar-refractivity contribution is 0.0965. The molecule has 1 saturated carbocycles. The van der Waals surface area contributed by atoms with E-state index in [1.807, 2.05) is 26.2 Å². The topological polar surface area (TPSA) is 20.3 Å². The van der Waals surface area contributed by atoms with Gasteiger partial charge in [0.1, 0.15) is 0 Å². The Balaban J connectivity index is 1.71. The molecule has 0 bridgehead atoms. The molecule has 0 unspecified atom stereocenters. The van der Waals surface area contributed by atoms with Crippen LogP contribution in [0.25, 0.3) is 0 Å². The van der Waals surface area contributed by atoms with Crippen molar-refractivity contribution in [3.8, 4) is 0 Å². The first-order chi connectivity index (χ1) is 10.1. The monoisotopic (exact) mass is 299 g/mol. The predicted molar refractivity (Wildman–Crippen MR) is 87.4 cm³/mol. The molecule has 0 saturated heterocycles. The zero-order valence-electron chi connectivity index (χ0n) is 12.2. The molecule has 2 aromatic carbocycles. The largest absolute Gasteiger partial charge is 0.378 e. The lowest BCUT2D eigenvalue weighted by atomic mass is 10.0. The Kier molecular flexibility index (Phi) is 3.73. The summed E-state index contributed by atoms with van der Waals surface area (Å²) in [6.07, 6.45) is 0.947. The number of ketones is 1. The Morgan fingerprint density at radius 2 is 1.67 bits per heavy atom. The Morgan fingerprint density at radius 1 is 1.05 bits per heavy atom. The quantitative estimate of drug-likeness (QED) is 0.780. The summed E-state index contributed by atoms with van der Waals surface area (Å²) in [5.41, 5.74) is 3.20. The molecular weight excluding hydrogens is 282 g/mol. The molecule has 1 aliphatic carbocycles. The van der Waals surface area contributed by atoms with Crippen LogP contribution in [-0.2, 0) is 0 Å². The lowest BCUT2D eigenvalue weighted by Crippen LogP contribution is -2.08. The molecular formula is C18H18ClNO. The van der Waals surface area contributed by atoms with Crippen molar-refractivity contribution in [2.75, 3.05) is 19.0 Å². The fraction of sp³-hybridized carbons (Fsp3) is 0.278. The number of rotatable bonds is 4. The first-order valence-electron chi connectivity index (χ1n) is 7.13. The second-order valence-electron chi connectivity index (χ2n) is 5.81. The van der Waals surface area contributed by atoms with Crippen LogP contribution in [0.3, 0.4) is 0 Å². The van der Waals surface area contributed by atoms with Crippen LogP contribution in [0.4, 0.5) is 5.69 Å². The van der Waals surface area contributed by atoms with Crippen LogP contribution in [0.2, 0.25) is 5.02 Å². The molecule has 2 aromatic rings. The smallest absolute Gasteiger partial charge is 0.166 e. The van der Waals surface area contributed by atoms with Gasteiger partial charge in [-0.15, -0.1) is 0 Å². The maximum absolute atomic E-state index is 12.4. The van der Waals surface area contributed by atoms with Gasteiger partial charge in [0.2, 0.25) is 0 Å². The number of nitrogens with zero attached hydrogens (tertiary/aromatic N) is 1. The highest BCUT2D eigenvalue weighted by molar-refractivity contribution is 6.30. The fourth-order valence-corrected chi connectivity index (χ4v) is 2.83. The third-order valence-corrected chi connectivity index (χ3v) is 4.35. The van der Waals surface area contributed by atoms with E-state index >= 15 is 0 Å². The SMILES string of the molecule is CN(C)c1ccc([C@@H]2C[C@H]2C(=O)c2ccc(Cl)cc2)cc1. The normalized spacial score (nSPS) is 20.1. The van der Waals surface area contributed by atoms with Crippen molar-refractivity contribution in [1.29, 1.82) is 0 Å². The van der Waals surface area contributed by atoms with E-state index in [0.717, 1.165) is 12.0 Å². The second-order valence-corrected chi connectivity index (χ2v) is 6.24. The maximum Gasteiger partial charge on any atom is 0.166 e. The van der Waals surface area contributed by atoms with E-state index in [9.17, 15) is 4.79 Å². The van der Waals surface area contributed by atoms with Gasteiger partial charge in [-0.2, -0.15) is 0 Å². The third-order valence-electron chi connectivity index (χ3n) is 4.09. The molecule has 0 radical (unpaired) electrons. The maximum atomic E-state index is 12.4. The minimum Gasteiger partial charge on any atom is -0.378 e. The van der Waals surface area contributed by atoms with Crippen LogP contribution in [0.1, 0.15) is 28.3 Å². The Bertz CT molecular complexity index is 646. The molecule has 0 aromatic heterocycles. The van der Waals surface area contributed by atoms with Crippen LogP contribution in [-0.4, -0.2) is 19.9 Å². The van der Waals surface area contributed by atoms with Crippen LogP contribution < -0.4 is 4.90 Å². The summed E-state index contributed by atoms with van der Waals surface area (Å²) in [6, 6.07) is 15.7. The summed E-state index contributed by atoms with van der Waals surface area (Å²) < 4.78 is 0. The van der Waals surface area contributed by atoms with Crippen molar-refractivity contribution >= 4 is 23.1 Å². The highest BCUT2D eigenvalue weighted by Crippen LogP contribution is 2.49. The first kappa shape index (κ1) is 14.2. The molecule has 0 heterocycles. The number of anilines is 1. The van der Waals surface area contributed by atoms with Crippen molar-refractivity contribution in [2.24, 2.45) is 5.92 Å². The highest BCUT2D eigenvalue weighted by atomic mass is 35.5. The minimum atomic E-state index is 0.122. The first-order valence-corrected chi connectivity index (χ1v) is 7.51. The van der Waals surface area contributed by atoms with Gasteiger partial charge in [-0.1, -0.05) is 23.7 Å². The number of benzene rings is 2. The van der Waals surface area contributed by atoms with Gasteiger partial charge in [0, 0.05) is 36.3 Å². The van der Waals surface area contributed by atoms with E-state index in [-0.39, 0.29) is 11.7 Å². The van der Waals surface area contributed by atoms with Gasteiger partial charge in [-0.25, -0.2) is 0 Å². The van der Waals surface area contributed by atoms with E-state index in [0.29, 0.717) is 10.9 Å². The van der Waals surface area contributed by atoms with Crippen molar-refractivity contribution in [3.05, 3.63) is 64.7 Å². The highest BCUT2D eigenvalue weighted by Gasteiger charge is 2.43. The van der Waals surface area contributed by atoms with Crippen LogP contribution in [0.15, 0.2) is 48.5 Å². The van der Waals surface area contributed by atoms with E-state index < -0.39 is 0 Å². The molecule has 108 valence electrons. The van der Waals surface area contributed by atoms with Gasteiger partial charge in [-0.3, -0.25) is 4.79 Å². The van der Waals surface area contributed by atoms with Gasteiger partial charge in [0.05, 0.1) is 0 Å². The van der Waals surface area contributed by atoms with E-state index in [2.05, 4.69) is 29.2 Å². The molecule has 2 atom stereocenters. The summed E-state index contributed by atoms with van der Waals surface area (Å²) in [4.78, 5) is 14.5. The summed E-state index contributed by atoms with van der Waals surface area (Å²) in [5.74, 6) is 0.717. The van der Waals surface area contributed by atoms with Crippen LogP contribution in [0.5, 0.6) is 0 Å². The Labute approximate surface area is 130 Å². The number of Topliss-reactive ketones (excluding diaryl/α,β-unsaturated/α-hetero) is 1. The Morgan fingerprint density at radius 3 is 2.24 bits per heavy atom. The summed E-state index contributed by atoms with van der Waals surface area (Å²) in [5, 5.41) is 0.665. The molecule has 21 heavy (non-hydrogen) atoms. The predicted octanol–water partition coefficient (Wildman–Crippen LogP) is 4.39. The summed E-state index contributed by atoms with van der Waals surface area (Å²) in [6.45, 7) is 0. The van der Waals surface area contributed by atoms with Gasteiger partial charge < -0.3 is 4.90 Å². The van der Waals surface area contributed by atoms with E-state index in [1.54, 1.807) is 12.1 Å². The second kappa shape index (κ2) is 5.53. The average molecular weight is 300 g/mol. The van der Waals surface area contributed by atoms with Crippen molar-refractivity contribution in [2.45, 2.75) is 12.3 Å². The van der Waals surface area contributed by atoms with Gasteiger partial charge in [-0.05, 0) is 54.3 Å². The fourth-order valence-electron chi connectivity index (χ4n) is 2.70. The molecule has 0 spiro atoms. The van der Waals surface area contributed by atoms with Crippen LogP contribution >= 0.6 is 11.6 Å². The number of halogens is 1. The number of hydrogen-bond acceptors (Lipinski definition) is 2. The summed E-state index contributed by atoms with van der Waals surface area (Å²) >= 11 is 5.86. The molecule has 3 heteroatoms. The van der Waals surface area contributed by atoms with Crippen molar-refractivity contribution in [3.63, 3.8) is 0 Å². The zero-order valence-corrected chi connectivity index (χ0v) is 13.0. The average Bonchev–Trinajstić information content (AvgIpc) is 3.28. The number of carbonyl (C=O) groups is 1. The van der Waals surface area contributed by atoms with Crippen molar-refractivity contribution in [1.82, 2.24) is 0 Å². The summed E-state index contributed by atoms with van der Waals surface area (Å²) in [7, 11) is 4.05. The standard InChI is InChI=1S/C18H18ClNO/c1-20(2)15-9-5-12(6-10-15)16-11-17(16)18(21)13-3-7-14(19)8-4-13/h3-10,16-17H,11H2,1-2H3/t16-,17+/m0/s1. The number of hydrogen-bond donors (Lipinski definition) is 0. The van der Waals surface area contributed by atoms with Crippen molar-refractivity contribution < 1.29 is 4.79 Å². The molecule has 1 fully saturated rings. The molecule has 0 aliphatic heterocycles.